The molecule has 1 aliphatic rings. The summed E-state index contributed by atoms with van der Waals surface area (Å²) >= 11 is 0. The number of anilines is 2. The molecule has 4 rings (SSSR count). The van der Waals surface area contributed by atoms with Crippen LogP contribution in [0.3, 0.4) is 0 Å². The number of ether oxygens (including phenoxy) is 1. The summed E-state index contributed by atoms with van der Waals surface area (Å²) in [6.45, 7) is 7.93. The summed E-state index contributed by atoms with van der Waals surface area (Å²) < 4.78 is 5.81. The van der Waals surface area contributed by atoms with E-state index in [0.717, 1.165) is 35.7 Å². The Morgan fingerprint density at radius 1 is 0.909 bits per heavy atom. The standard InChI is InChI=1S/C27H32N4O2/c1-19-8-13-24(18-20(19)2)33-21(3)27(32)28-23-11-9-22(10-12-23)25-14-15-26(30-29-25)31-16-6-4-5-7-17-31/h8-15,18,21H,4-7,16-17H2,1-3H3,(H,28,32). The van der Waals surface area contributed by atoms with E-state index < -0.39 is 6.10 Å². The number of carbonyl (C=O) groups excluding carboxylic acids is 1. The van der Waals surface area contributed by atoms with E-state index in [9.17, 15) is 4.79 Å². The average molecular weight is 445 g/mol. The van der Waals surface area contributed by atoms with Crippen LogP contribution in [0.2, 0.25) is 0 Å². The second-order valence-electron chi connectivity index (χ2n) is 8.75. The number of nitrogens with zero attached hydrogens (tertiary/aromatic N) is 3. The zero-order chi connectivity index (χ0) is 23.2. The molecule has 2 aromatic carbocycles. The molecule has 3 aromatic rings. The van der Waals surface area contributed by atoms with Gasteiger partial charge in [-0.25, -0.2) is 0 Å². The first-order valence-corrected chi connectivity index (χ1v) is 11.7. The van der Waals surface area contributed by atoms with Gasteiger partial charge in [0, 0.05) is 24.3 Å². The van der Waals surface area contributed by atoms with Gasteiger partial charge in [-0.15, -0.1) is 10.2 Å². The Bertz CT molecular complexity index is 1070. The van der Waals surface area contributed by atoms with E-state index in [0.29, 0.717) is 11.4 Å². The van der Waals surface area contributed by atoms with E-state index in [4.69, 9.17) is 4.74 Å². The first-order valence-electron chi connectivity index (χ1n) is 11.7. The first-order chi connectivity index (χ1) is 16.0. The highest BCUT2D eigenvalue weighted by atomic mass is 16.5. The minimum Gasteiger partial charge on any atom is -0.481 e. The highest BCUT2D eigenvalue weighted by Gasteiger charge is 2.16. The molecule has 0 radical (unpaired) electrons. The average Bonchev–Trinajstić information content (AvgIpc) is 3.12. The molecule has 33 heavy (non-hydrogen) atoms. The largest absolute Gasteiger partial charge is 0.481 e. The van der Waals surface area contributed by atoms with Gasteiger partial charge in [-0.2, -0.15) is 0 Å². The van der Waals surface area contributed by atoms with Gasteiger partial charge in [0.15, 0.2) is 11.9 Å². The highest BCUT2D eigenvalue weighted by Crippen LogP contribution is 2.23. The summed E-state index contributed by atoms with van der Waals surface area (Å²) in [6.07, 6.45) is 4.41. The van der Waals surface area contributed by atoms with Crippen molar-refractivity contribution in [3.63, 3.8) is 0 Å². The van der Waals surface area contributed by atoms with Crippen LogP contribution in [-0.2, 0) is 4.79 Å². The maximum atomic E-state index is 12.6. The van der Waals surface area contributed by atoms with Gasteiger partial charge in [0.1, 0.15) is 5.75 Å². The van der Waals surface area contributed by atoms with Crippen molar-refractivity contribution in [2.45, 2.75) is 52.6 Å². The molecule has 2 heterocycles. The molecule has 6 nitrogen and oxygen atoms in total. The number of aryl methyl sites for hydroxylation is 2. The van der Waals surface area contributed by atoms with E-state index in [-0.39, 0.29) is 5.91 Å². The smallest absolute Gasteiger partial charge is 0.265 e. The molecule has 172 valence electrons. The lowest BCUT2D eigenvalue weighted by Gasteiger charge is -2.20. The van der Waals surface area contributed by atoms with E-state index in [1.807, 2.05) is 55.5 Å². The highest BCUT2D eigenvalue weighted by molar-refractivity contribution is 5.94. The SMILES string of the molecule is Cc1ccc(OC(C)C(=O)Nc2ccc(-c3ccc(N4CCCCCC4)nn3)cc2)cc1C. The molecular weight excluding hydrogens is 412 g/mol. The van der Waals surface area contributed by atoms with Crippen LogP contribution in [0.1, 0.15) is 43.7 Å². The molecule has 1 amide bonds. The van der Waals surface area contributed by atoms with Crippen molar-refractivity contribution < 1.29 is 9.53 Å². The Hall–Kier alpha value is -3.41. The van der Waals surface area contributed by atoms with Crippen molar-refractivity contribution in [2.24, 2.45) is 0 Å². The number of carbonyl (C=O) groups is 1. The van der Waals surface area contributed by atoms with Crippen LogP contribution < -0.4 is 15.0 Å². The number of benzene rings is 2. The van der Waals surface area contributed by atoms with Crippen molar-refractivity contribution in [1.82, 2.24) is 10.2 Å². The van der Waals surface area contributed by atoms with Gasteiger partial charge in [-0.1, -0.05) is 31.0 Å². The van der Waals surface area contributed by atoms with Crippen LogP contribution in [-0.4, -0.2) is 35.3 Å². The monoisotopic (exact) mass is 444 g/mol. The number of hydrogen-bond donors (Lipinski definition) is 1. The third-order valence-corrected chi connectivity index (χ3v) is 6.19. The fourth-order valence-electron chi connectivity index (χ4n) is 3.96. The molecule has 1 aliphatic heterocycles. The molecule has 1 saturated heterocycles. The number of nitrogens with one attached hydrogen (secondary N) is 1. The molecule has 0 aliphatic carbocycles. The zero-order valence-corrected chi connectivity index (χ0v) is 19.7. The predicted octanol–water partition coefficient (Wildman–Crippen LogP) is 5.55. The quantitative estimate of drug-likeness (QED) is 0.540. The Balaban J connectivity index is 1.35. The van der Waals surface area contributed by atoms with Crippen molar-refractivity contribution in [3.8, 4) is 17.0 Å². The van der Waals surface area contributed by atoms with Gasteiger partial charge < -0.3 is 15.0 Å². The molecule has 1 fully saturated rings. The van der Waals surface area contributed by atoms with E-state index in [2.05, 4.69) is 33.4 Å². The minimum absolute atomic E-state index is 0.192. The second kappa shape index (κ2) is 10.5. The Morgan fingerprint density at radius 3 is 2.27 bits per heavy atom. The van der Waals surface area contributed by atoms with Crippen LogP contribution >= 0.6 is 0 Å². The van der Waals surface area contributed by atoms with Gasteiger partial charge in [-0.05, 0) is 81.1 Å². The number of rotatable bonds is 6. The van der Waals surface area contributed by atoms with E-state index in [1.165, 1.54) is 31.2 Å². The Labute approximate surface area is 196 Å². The first kappa shape index (κ1) is 22.8. The van der Waals surface area contributed by atoms with Crippen molar-refractivity contribution in [2.75, 3.05) is 23.3 Å². The van der Waals surface area contributed by atoms with Gasteiger partial charge >= 0.3 is 0 Å². The molecule has 1 N–H and O–H groups in total. The van der Waals surface area contributed by atoms with E-state index in [1.54, 1.807) is 6.92 Å². The molecule has 6 heteroatoms. The topological polar surface area (TPSA) is 67.3 Å². The summed E-state index contributed by atoms with van der Waals surface area (Å²) in [4.78, 5) is 14.9. The van der Waals surface area contributed by atoms with Gasteiger partial charge in [0.25, 0.3) is 5.91 Å². The molecule has 0 bridgehead atoms. The molecule has 1 aromatic heterocycles. The summed E-state index contributed by atoms with van der Waals surface area (Å²) in [7, 11) is 0. The summed E-state index contributed by atoms with van der Waals surface area (Å²) in [5, 5.41) is 11.8. The maximum Gasteiger partial charge on any atom is 0.265 e. The third kappa shape index (κ3) is 5.89. The molecule has 1 unspecified atom stereocenters. The Kier molecular flexibility index (Phi) is 7.23. The molecule has 1 atom stereocenters. The summed E-state index contributed by atoms with van der Waals surface area (Å²) in [6, 6.07) is 17.5. The summed E-state index contributed by atoms with van der Waals surface area (Å²) in [5.41, 5.74) is 4.83. The Morgan fingerprint density at radius 2 is 1.64 bits per heavy atom. The number of hydrogen-bond acceptors (Lipinski definition) is 5. The normalized spacial score (nSPS) is 14.9. The van der Waals surface area contributed by atoms with Gasteiger partial charge in [-0.3, -0.25) is 4.79 Å². The lowest BCUT2D eigenvalue weighted by atomic mass is 10.1. The van der Waals surface area contributed by atoms with Crippen LogP contribution in [0.5, 0.6) is 5.75 Å². The number of aromatic nitrogens is 2. The lowest BCUT2D eigenvalue weighted by Crippen LogP contribution is -2.30. The summed E-state index contributed by atoms with van der Waals surface area (Å²) in [5.74, 6) is 1.45. The zero-order valence-electron chi connectivity index (χ0n) is 19.7. The van der Waals surface area contributed by atoms with Crippen LogP contribution in [0, 0.1) is 13.8 Å². The number of amides is 1. The fraction of sp³-hybridized carbons (Fsp3) is 0.370. The van der Waals surface area contributed by atoms with Crippen molar-refractivity contribution in [3.05, 3.63) is 65.7 Å². The second-order valence-corrected chi connectivity index (χ2v) is 8.75. The molecule has 0 spiro atoms. The third-order valence-electron chi connectivity index (χ3n) is 6.19. The van der Waals surface area contributed by atoms with Crippen LogP contribution in [0.4, 0.5) is 11.5 Å². The van der Waals surface area contributed by atoms with Crippen molar-refractivity contribution >= 4 is 17.4 Å². The van der Waals surface area contributed by atoms with E-state index >= 15 is 0 Å². The molecule has 0 saturated carbocycles. The predicted molar refractivity (Wildman–Crippen MR) is 133 cm³/mol. The maximum absolute atomic E-state index is 12.6. The van der Waals surface area contributed by atoms with Gasteiger partial charge in [0.2, 0.25) is 0 Å². The van der Waals surface area contributed by atoms with Crippen LogP contribution in [0.15, 0.2) is 54.6 Å². The molecular formula is C27H32N4O2. The van der Waals surface area contributed by atoms with Crippen molar-refractivity contribution in [1.29, 1.82) is 0 Å². The minimum atomic E-state index is -0.607. The fourth-order valence-corrected chi connectivity index (χ4v) is 3.96. The van der Waals surface area contributed by atoms with Crippen LogP contribution in [0.25, 0.3) is 11.3 Å². The van der Waals surface area contributed by atoms with Gasteiger partial charge in [0.05, 0.1) is 5.69 Å². The lowest BCUT2D eigenvalue weighted by molar-refractivity contribution is -0.122.